The first kappa shape index (κ1) is 14.4. The highest BCUT2D eigenvalue weighted by Gasteiger charge is 2.33. The average molecular weight is 297 g/mol. The summed E-state index contributed by atoms with van der Waals surface area (Å²) in [5.74, 6) is -2.28. The van der Waals surface area contributed by atoms with Crippen LogP contribution in [0, 0.1) is 5.92 Å². The van der Waals surface area contributed by atoms with Crippen molar-refractivity contribution in [3.05, 3.63) is 16.1 Å². The highest BCUT2D eigenvalue weighted by molar-refractivity contribution is 7.11. The van der Waals surface area contributed by atoms with Crippen molar-refractivity contribution in [1.29, 1.82) is 0 Å². The van der Waals surface area contributed by atoms with Crippen LogP contribution in [-0.2, 0) is 4.79 Å². The number of thiazole rings is 1. The lowest BCUT2D eigenvalue weighted by Gasteiger charge is -2.36. The molecule has 1 saturated heterocycles. The molecule has 0 aliphatic carbocycles. The Morgan fingerprint density at radius 2 is 2.15 bits per heavy atom. The van der Waals surface area contributed by atoms with Crippen molar-refractivity contribution in [3.8, 4) is 0 Å². The maximum absolute atomic E-state index is 12.3. The summed E-state index contributed by atoms with van der Waals surface area (Å²) in [5.41, 5.74) is 5.15. The molecule has 1 fully saturated rings. The van der Waals surface area contributed by atoms with E-state index in [9.17, 15) is 14.4 Å². The number of carbonyl (C=O) groups is 3. The van der Waals surface area contributed by atoms with Crippen molar-refractivity contribution >= 4 is 29.1 Å². The summed E-state index contributed by atoms with van der Waals surface area (Å²) < 4.78 is 0. The number of hydrogen-bond donors (Lipinski definition) is 2. The maximum Gasteiger partial charge on any atom is 0.355 e. The molecule has 8 heteroatoms. The molecule has 2 heterocycles. The van der Waals surface area contributed by atoms with E-state index in [0.29, 0.717) is 12.8 Å². The largest absolute Gasteiger partial charge is 0.476 e. The number of piperidine rings is 1. The second-order valence-electron chi connectivity index (χ2n) is 4.83. The number of hydrogen-bond acceptors (Lipinski definition) is 5. The van der Waals surface area contributed by atoms with Crippen molar-refractivity contribution < 1.29 is 19.5 Å². The molecule has 1 aromatic heterocycles. The molecule has 7 nitrogen and oxygen atoms in total. The Bertz CT molecular complexity index is 557. The van der Waals surface area contributed by atoms with Crippen LogP contribution in [0.4, 0.5) is 0 Å². The summed E-state index contributed by atoms with van der Waals surface area (Å²) in [6.45, 7) is 2.15. The molecular formula is C12H15N3O4S. The number of primary amides is 1. The van der Waals surface area contributed by atoms with Crippen LogP contribution in [0.3, 0.4) is 0 Å². The first-order valence-electron chi connectivity index (χ1n) is 6.19. The summed E-state index contributed by atoms with van der Waals surface area (Å²) in [7, 11) is 0. The fourth-order valence-electron chi connectivity index (χ4n) is 2.22. The van der Waals surface area contributed by atoms with E-state index in [1.807, 2.05) is 6.92 Å². The molecule has 2 rings (SSSR count). The van der Waals surface area contributed by atoms with Gasteiger partial charge in [0.25, 0.3) is 5.91 Å². The average Bonchev–Trinajstić information content (AvgIpc) is 2.88. The van der Waals surface area contributed by atoms with Crippen molar-refractivity contribution in [2.45, 2.75) is 25.8 Å². The molecule has 2 atom stereocenters. The number of nitrogens with two attached hydrogens (primary N) is 1. The van der Waals surface area contributed by atoms with Crippen LogP contribution >= 0.6 is 11.3 Å². The van der Waals surface area contributed by atoms with Gasteiger partial charge in [-0.1, -0.05) is 0 Å². The quantitative estimate of drug-likeness (QED) is 0.846. The Balaban J connectivity index is 2.17. The molecule has 1 aromatic rings. The number of amides is 2. The monoisotopic (exact) mass is 297 g/mol. The van der Waals surface area contributed by atoms with Crippen molar-refractivity contribution in [2.24, 2.45) is 11.7 Å². The predicted molar refractivity (Wildman–Crippen MR) is 71.5 cm³/mol. The number of nitrogens with zero attached hydrogens (tertiary/aromatic N) is 2. The Morgan fingerprint density at radius 3 is 2.70 bits per heavy atom. The van der Waals surface area contributed by atoms with Crippen LogP contribution in [0.1, 0.15) is 40.1 Å². The summed E-state index contributed by atoms with van der Waals surface area (Å²) in [5, 5.41) is 10.3. The van der Waals surface area contributed by atoms with Gasteiger partial charge < -0.3 is 15.7 Å². The summed E-state index contributed by atoms with van der Waals surface area (Å²) in [6.07, 6.45) is 1.36. The topological polar surface area (TPSA) is 114 Å². The SMILES string of the molecule is CC1CCC(C(N)=O)CN1C(=O)c1nc(C(=O)O)cs1. The molecule has 0 bridgehead atoms. The van der Waals surface area contributed by atoms with Gasteiger partial charge in [0.2, 0.25) is 5.91 Å². The predicted octanol–water partition coefficient (Wildman–Crippen LogP) is 0.567. The molecule has 1 aliphatic heterocycles. The van der Waals surface area contributed by atoms with Crippen molar-refractivity contribution in [3.63, 3.8) is 0 Å². The smallest absolute Gasteiger partial charge is 0.355 e. The first-order valence-corrected chi connectivity index (χ1v) is 7.07. The lowest BCUT2D eigenvalue weighted by Crippen LogP contribution is -2.48. The Morgan fingerprint density at radius 1 is 1.45 bits per heavy atom. The fourth-order valence-corrected chi connectivity index (χ4v) is 2.96. The number of carboxylic acids is 1. The second kappa shape index (κ2) is 5.58. The van der Waals surface area contributed by atoms with E-state index >= 15 is 0 Å². The Kier molecular flexibility index (Phi) is 4.03. The lowest BCUT2D eigenvalue weighted by molar-refractivity contribution is -0.123. The normalized spacial score (nSPS) is 22.6. The molecule has 20 heavy (non-hydrogen) atoms. The van der Waals surface area contributed by atoms with Crippen molar-refractivity contribution in [1.82, 2.24) is 9.88 Å². The fraction of sp³-hybridized carbons (Fsp3) is 0.500. The molecule has 1 aliphatic rings. The number of carboxylic acid groups (broad SMARTS) is 1. The number of carbonyl (C=O) groups excluding carboxylic acids is 2. The molecule has 0 saturated carbocycles. The third kappa shape index (κ3) is 2.79. The minimum atomic E-state index is -1.16. The van der Waals surface area contributed by atoms with Crippen LogP contribution in [0.25, 0.3) is 0 Å². The highest BCUT2D eigenvalue weighted by atomic mass is 32.1. The van der Waals surface area contributed by atoms with Crippen LogP contribution in [-0.4, -0.2) is 45.4 Å². The number of aromatic carboxylic acids is 1. The van der Waals surface area contributed by atoms with Gasteiger partial charge in [0, 0.05) is 18.0 Å². The molecular weight excluding hydrogens is 282 g/mol. The molecule has 0 radical (unpaired) electrons. The summed E-state index contributed by atoms with van der Waals surface area (Å²) in [4.78, 5) is 39.7. The third-order valence-electron chi connectivity index (χ3n) is 3.45. The molecule has 108 valence electrons. The van der Waals surface area contributed by atoms with Gasteiger partial charge in [-0.05, 0) is 19.8 Å². The van der Waals surface area contributed by atoms with E-state index < -0.39 is 11.9 Å². The third-order valence-corrected chi connectivity index (χ3v) is 4.28. The van der Waals surface area contributed by atoms with Gasteiger partial charge in [-0.2, -0.15) is 0 Å². The second-order valence-corrected chi connectivity index (χ2v) is 5.68. The number of likely N-dealkylation sites (tertiary alicyclic amines) is 1. The van der Waals surface area contributed by atoms with Crippen molar-refractivity contribution in [2.75, 3.05) is 6.54 Å². The van der Waals surface area contributed by atoms with Gasteiger partial charge in [0.1, 0.15) is 0 Å². The van der Waals surface area contributed by atoms with Crippen LogP contribution in [0.5, 0.6) is 0 Å². The lowest BCUT2D eigenvalue weighted by atomic mass is 9.93. The molecule has 0 aromatic carbocycles. The molecule has 0 spiro atoms. The minimum absolute atomic E-state index is 0.0183. The van der Waals surface area contributed by atoms with Gasteiger partial charge in [0.05, 0.1) is 5.92 Å². The number of aromatic nitrogens is 1. The van der Waals surface area contributed by atoms with Gasteiger partial charge in [-0.15, -0.1) is 11.3 Å². The zero-order valence-corrected chi connectivity index (χ0v) is 11.7. The maximum atomic E-state index is 12.3. The van der Waals surface area contributed by atoms with Gasteiger partial charge in [-0.3, -0.25) is 9.59 Å². The van der Waals surface area contributed by atoms with Crippen LogP contribution in [0.15, 0.2) is 5.38 Å². The molecule has 2 unspecified atom stereocenters. The van der Waals surface area contributed by atoms with E-state index in [2.05, 4.69) is 4.98 Å². The standard InChI is InChI=1S/C12H15N3O4S/c1-6-2-3-7(9(13)16)4-15(6)11(17)10-14-8(5-20-10)12(18)19/h5-7H,2-4H2,1H3,(H2,13,16)(H,18,19). The first-order chi connectivity index (χ1) is 9.40. The number of rotatable bonds is 3. The summed E-state index contributed by atoms with van der Waals surface area (Å²) >= 11 is 0.992. The Hall–Kier alpha value is -1.96. The van der Waals surface area contributed by atoms with E-state index in [1.165, 1.54) is 5.38 Å². The van der Waals surface area contributed by atoms with Crippen LogP contribution in [0.2, 0.25) is 0 Å². The molecule has 3 N–H and O–H groups in total. The highest BCUT2D eigenvalue weighted by Crippen LogP contribution is 2.24. The van der Waals surface area contributed by atoms with E-state index in [1.54, 1.807) is 4.90 Å². The van der Waals surface area contributed by atoms with E-state index in [4.69, 9.17) is 10.8 Å². The minimum Gasteiger partial charge on any atom is -0.476 e. The van der Waals surface area contributed by atoms with Gasteiger partial charge in [-0.25, -0.2) is 9.78 Å². The summed E-state index contributed by atoms with van der Waals surface area (Å²) in [6, 6.07) is -0.0183. The zero-order valence-electron chi connectivity index (χ0n) is 10.9. The van der Waals surface area contributed by atoms with Crippen LogP contribution < -0.4 is 5.73 Å². The van der Waals surface area contributed by atoms with E-state index in [-0.39, 0.29) is 35.1 Å². The zero-order chi connectivity index (χ0) is 14.9. The molecule has 2 amide bonds. The van der Waals surface area contributed by atoms with Gasteiger partial charge in [0.15, 0.2) is 10.7 Å². The van der Waals surface area contributed by atoms with Gasteiger partial charge >= 0.3 is 5.97 Å². The van der Waals surface area contributed by atoms with E-state index in [0.717, 1.165) is 11.3 Å². The Labute approximate surface area is 119 Å².